The summed E-state index contributed by atoms with van der Waals surface area (Å²) in [5.41, 5.74) is 1.11. The summed E-state index contributed by atoms with van der Waals surface area (Å²) in [6, 6.07) is 0. The average Bonchev–Trinajstić information content (AvgIpc) is 2.50. The van der Waals surface area contributed by atoms with Crippen LogP contribution >= 0.6 is 11.8 Å². The lowest BCUT2D eigenvalue weighted by Gasteiger charge is -2.26. The lowest BCUT2D eigenvalue weighted by molar-refractivity contribution is 0.314. The number of aryl methyl sites for hydroxylation is 1. The molecule has 0 aromatic carbocycles. The van der Waals surface area contributed by atoms with Crippen molar-refractivity contribution in [2.45, 2.75) is 27.2 Å². The summed E-state index contributed by atoms with van der Waals surface area (Å²) in [4.78, 5) is 11.5. The molecule has 0 bridgehead atoms. The van der Waals surface area contributed by atoms with Crippen LogP contribution in [0.3, 0.4) is 0 Å². The molecule has 0 saturated carbocycles. The first-order valence-electron chi connectivity index (χ1n) is 7.83. The van der Waals surface area contributed by atoms with Gasteiger partial charge in [0, 0.05) is 49.8 Å². The Morgan fingerprint density at radius 3 is 2.29 bits per heavy atom. The van der Waals surface area contributed by atoms with Gasteiger partial charge >= 0.3 is 0 Å². The number of anilines is 2. The van der Waals surface area contributed by atoms with Crippen molar-refractivity contribution in [2.24, 2.45) is 0 Å². The third kappa shape index (κ3) is 5.04. The number of rotatable bonds is 7. The first kappa shape index (κ1) is 16.4. The molecule has 0 radical (unpaired) electrons. The van der Waals surface area contributed by atoms with Gasteiger partial charge in [0.25, 0.3) is 0 Å². The van der Waals surface area contributed by atoms with E-state index in [4.69, 9.17) is 0 Å². The van der Waals surface area contributed by atoms with Crippen LogP contribution in [0.4, 0.5) is 11.6 Å². The topological polar surface area (TPSA) is 53.1 Å². The Morgan fingerprint density at radius 2 is 1.67 bits per heavy atom. The molecule has 1 aliphatic heterocycles. The van der Waals surface area contributed by atoms with Gasteiger partial charge in [0.2, 0.25) is 0 Å². The molecule has 1 saturated heterocycles. The van der Waals surface area contributed by atoms with Crippen molar-refractivity contribution in [1.82, 2.24) is 14.9 Å². The molecular weight excluding hydrogens is 282 g/mol. The molecule has 21 heavy (non-hydrogen) atoms. The van der Waals surface area contributed by atoms with Crippen LogP contribution in [0.1, 0.15) is 24.7 Å². The molecule has 2 N–H and O–H groups in total. The second kappa shape index (κ2) is 8.44. The Labute approximate surface area is 132 Å². The van der Waals surface area contributed by atoms with Crippen molar-refractivity contribution in [3.05, 3.63) is 11.4 Å². The standard InChI is InChI=1S/C15H27N5S/c1-4-5-16-14-12(2)15(19-13(3)18-14)17-6-7-20-8-10-21-11-9-20/h4-11H2,1-3H3,(H2,16,17,18,19). The summed E-state index contributed by atoms with van der Waals surface area (Å²) >= 11 is 2.05. The third-order valence-electron chi connectivity index (χ3n) is 3.62. The van der Waals surface area contributed by atoms with E-state index in [2.05, 4.69) is 51.1 Å². The van der Waals surface area contributed by atoms with E-state index in [1.807, 2.05) is 6.92 Å². The highest BCUT2D eigenvalue weighted by Crippen LogP contribution is 2.19. The summed E-state index contributed by atoms with van der Waals surface area (Å²) < 4.78 is 0. The number of hydrogen-bond donors (Lipinski definition) is 2. The molecule has 0 atom stereocenters. The van der Waals surface area contributed by atoms with E-state index in [9.17, 15) is 0 Å². The Balaban J connectivity index is 1.90. The first-order valence-corrected chi connectivity index (χ1v) is 8.99. The minimum atomic E-state index is 0.816. The SMILES string of the molecule is CCCNc1nc(C)nc(NCCN2CCSCC2)c1C. The summed E-state index contributed by atoms with van der Waals surface area (Å²) in [5, 5.41) is 6.86. The van der Waals surface area contributed by atoms with Crippen LogP contribution in [0.2, 0.25) is 0 Å². The zero-order valence-corrected chi connectivity index (χ0v) is 14.2. The monoisotopic (exact) mass is 309 g/mol. The van der Waals surface area contributed by atoms with Gasteiger partial charge in [0.05, 0.1) is 0 Å². The second-order valence-electron chi connectivity index (χ2n) is 5.40. The van der Waals surface area contributed by atoms with Gasteiger partial charge in [-0.2, -0.15) is 11.8 Å². The molecule has 0 amide bonds. The molecule has 1 fully saturated rings. The Kier molecular flexibility index (Phi) is 6.57. The van der Waals surface area contributed by atoms with Crippen LogP contribution < -0.4 is 10.6 Å². The highest BCUT2D eigenvalue weighted by molar-refractivity contribution is 7.99. The molecule has 5 nitrogen and oxygen atoms in total. The maximum atomic E-state index is 4.54. The molecule has 2 heterocycles. The van der Waals surface area contributed by atoms with Crippen molar-refractivity contribution in [1.29, 1.82) is 0 Å². The van der Waals surface area contributed by atoms with E-state index >= 15 is 0 Å². The number of nitrogens with zero attached hydrogens (tertiary/aromatic N) is 3. The fourth-order valence-electron chi connectivity index (χ4n) is 2.37. The van der Waals surface area contributed by atoms with Crippen LogP contribution in [-0.2, 0) is 0 Å². The maximum absolute atomic E-state index is 4.54. The van der Waals surface area contributed by atoms with Gasteiger partial charge in [0.15, 0.2) is 0 Å². The van der Waals surface area contributed by atoms with E-state index in [-0.39, 0.29) is 0 Å². The van der Waals surface area contributed by atoms with Crippen LogP contribution in [0, 0.1) is 13.8 Å². The van der Waals surface area contributed by atoms with Crippen molar-refractivity contribution >= 4 is 23.4 Å². The average molecular weight is 309 g/mol. The molecule has 1 aromatic heterocycles. The minimum Gasteiger partial charge on any atom is -0.370 e. The zero-order chi connectivity index (χ0) is 15.1. The van der Waals surface area contributed by atoms with E-state index in [0.717, 1.165) is 49.1 Å². The second-order valence-corrected chi connectivity index (χ2v) is 6.63. The minimum absolute atomic E-state index is 0.816. The fraction of sp³-hybridized carbons (Fsp3) is 0.733. The molecule has 6 heteroatoms. The largest absolute Gasteiger partial charge is 0.370 e. The molecule has 0 aliphatic carbocycles. The highest BCUT2D eigenvalue weighted by atomic mass is 32.2. The van der Waals surface area contributed by atoms with Crippen LogP contribution in [0.25, 0.3) is 0 Å². The lowest BCUT2D eigenvalue weighted by Crippen LogP contribution is -2.36. The normalized spacial score (nSPS) is 16.0. The molecule has 1 aliphatic rings. The van der Waals surface area contributed by atoms with Gasteiger partial charge in [-0.15, -0.1) is 0 Å². The summed E-state index contributed by atoms with van der Waals surface area (Å²) in [7, 11) is 0. The van der Waals surface area contributed by atoms with E-state index in [0.29, 0.717) is 0 Å². The van der Waals surface area contributed by atoms with Crippen molar-refractivity contribution in [3.8, 4) is 0 Å². The molecule has 1 aromatic rings. The highest BCUT2D eigenvalue weighted by Gasteiger charge is 2.11. The van der Waals surface area contributed by atoms with Gasteiger partial charge in [-0.1, -0.05) is 6.92 Å². The van der Waals surface area contributed by atoms with Crippen molar-refractivity contribution < 1.29 is 0 Å². The maximum Gasteiger partial charge on any atom is 0.134 e. The number of aromatic nitrogens is 2. The summed E-state index contributed by atoms with van der Waals surface area (Å²) in [5.74, 6) is 5.26. The van der Waals surface area contributed by atoms with E-state index < -0.39 is 0 Å². The summed E-state index contributed by atoms with van der Waals surface area (Å²) in [6.07, 6.45) is 1.10. The lowest BCUT2D eigenvalue weighted by atomic mass is 10.3. The fourth-order valence-corrected chi connectivity index (χ4v) is 3.35. The van der Waals surface area contributed by atoms with Crippen LogP contribution in [0.5, 0.6) is 0 Å². The quantitative estimate of drug-likeness (QED) is 0.806. The predicted molar refractivity (Wildman–Crippen MR) is 92.5 cm³/mol. The van der Waals surface area contributed by atoms with Gasteiger partial charge in [0.1, 0.15) is 17.5 Å². The molecule has 118 valence electrons. The van der Waals surface area contributed by atoms with Gasteiger partial charge in [-0.25, -0.2) is 9.97 Å². The Hall–Kier alpha value is -1.01. The van der Waals surface area contributed by atoms with Crippen LogP contribution in [0.15, 0.2) is 0 Å². The smallest absolute Gasteiger partial charge is 0.134 e. The Morgan fingerprint density at radius 1 is 1.05 bits per heavy atom. The number of hydrogen-bond acceptors (Lipinski definition) is 6. The zero-order valence-electron chi connectivity index (χ0n) is 13.4. The van der Waals surface area contributed by atoms with E-state index in [1.54, 1.807) is 0 Å². The van der Waals surface area contributed by atoms with E-state index in [1.165, 1.54) is 24.6 Å². The summed E-state index contributed by atoms with van der Waals surface area (Å²) in [6.45, 7) is 11.6. The number of nitrogens with one attached hydrogen (secondary N) is 2. The van der Waals surface area contributed by atoms with Crippen LogP contribution in [-0.4, -0.2) is 59.1 Å². The molecule has 0 unspecified atom stereocenters. The van der Waals surface area contributed by atoms with Gasteiger partial charge in [-0.3, -0.25) is 4.90 Å². The molecule has 2 rings (SSSR count). The van der Waals surface area contributed by atoms with Gasteiger partial charge < -0.3 is 10.6 Å². The predicted octanol–water partition coefficient (Wildman–Crippen LogP) is 2.38. The molecule has 0 spiro atoms. The third-order valence-corrected chi connectivity index (χ3v) is 4.57. The molecular formula is C15H27N5S. The first-order chi connectivity index (χ1) is 10.2. The Bertz CT molecular complexity index is 446. The number of thioether (sulfide) groups is 1. The van der Waals surface area contributed by atoms with Crippen molar-refractivity contribution in [2.75, 3.05) is 54.9 Å². The van der Waals surface area contributed by atoms with Gasteiger partial charge in [-0.05, 0) is 20.3 Å². The van der Waals surface area contributed by atoms with Crippen molar-refractivity contribution in [3.63, 3.8) is 0 Å².